The Kier molecular flexibility index (Phi) is 43.9. The highest BCUT2D eigenvalue weighted by Gasteiger charge is 2.17. The van der Waals surface area contributed by atoms with E-state index in [4.69, 9.17) is 14.2 Å². The molecule has 0 amide bonds. The van der Waals surface area contributed by atoms with Crippen LogP contribution in [0.5, 0.6) is 0 Å². The van der Waals surface area contributed by atoms with Gasteiger partial charge in [-0.25, -0.2) is 0 Å². The normalized spacial score (nSPS) is 12.4. The van der Waals surface area contributed by atoms with E-state index in [0.29, 0.717) is 19.4 Å². The summed E-state index contributed by atoms with van der Waals surface area (Å²) in [4.78, 5) is 25.2. The van der Waals surface area contributed by atoms with Crippen molar-refractivity contribution in [2.45, 2.75) is 245 Å². The van der Waals surface area contributed by atoms with Crippen LogP contribution in [-0.4, -0.2) is 37.9 Å². The topological polar surface area (TPSA) is 61.8 Å². The smallest absolute Gasteiger partial charge is 0.306 e. The fraction of sp³-hybridized carbons (Fsp3) is 0.837. The zero-order chi connectivity index (χ0) is 39.3. The highest BCUT2D eigenvalue weighted by molar-refractivity contribution is 5.70. The van der Waals surface area contributed by atoms with Crippen LogP contribution in [-0.2, 0) is 23.8 Å². The van der Waals surface area contributed by atoms with E-state index in [1.165, 1.54) is 148 Å². The molecule has 1 atom stereocenters. The van der Waals surface area contributed by atoms with Crippen molar-refractivity contribution in [1.82, 2.24) is 0 Å². The lowest BCUT2D eigenvalue weighted by molar-refractivity contribution is -0.163. The lowest BCUT2D eigenvalue weighted by atomic mass is 10.1. The molecular weight excluding hydrogens is 669 g/mol. The van der Waals surface area contributed by atoms with Crippen molar-refractivity contribution < 1.29 is 23.8 Å². The second kappa shape index (κ2) is 45.5. The maximum atomic E-state index is 12.7. The molecule has 0 aromatic rings. The molecule has 0 heterocycles. The van der Waals surface area contributed by atoms with Crippen LogP contribution >= 0.6 is 0 Å². The van der Waals surface area contributed by atoms with Gasteiger partial charge in [0.1, 0.15) is 6.61 Å². The number of rotatable bonds is 43. The van der Waals surface area contributed by atoms with E-state index in [-0.39, 0.29) is 25.2 Å². The van der Waals surface area contributed by atoms with Gasteiger partial charge in [-0.3, -0.25) is 9.59 Å². The van der Waals surface area contributed by atoms with Gasteiger partial charge in [0, 0.05) is 19.4 Å². The number of hydrogen-bond donors (Lipinski definition) is 0. The summed E-state index contributed by atoms with van der Waals surface area (Å²) >= 11 is 0. The van der Waals surface area contributed by atoms with Gasteiger partial charge in [0.2, 0.25) is 0 Å². The third-order valence-electron chi connectivity index (χ3n) is 10.1. The van der Waals surface area contributed by atoms with Crippen LogP contribution in [0.2, 0.25) is 0 Å². The summed E-state index contributed by atoms with van der Waals surface area (Å²) in [6.07, 6.45) is 52.9. The van der Waals surface area contributed by atoms with Gasteiger partial charge in [-0.05, 0) is 77.0 Å². The van der Waals surface area contributed by atoms with Crippen LogP contribution in [0.1, 0.15) is 239 Å². The molecule has 0 aliphatic carbocycles. The van der Waals surface area contributed by atoms with E-state index in [1.807, 2.05) is 0 Å². The van der Waals surface area contributed by atoms with Gasteiger partial charge in [-0.2, -0.15) is 0 Å². The number of esters is 2. The molecule has 1 unspecified atom stereocenters. The molecule has 0 aliphatic rings. The van der Waals surface area contributed by atoms with Crippen molar-refractivity contribution in [3.63, 3.8) is 0 Å². The molecule has 0 aliphatic heterocycles. The third kappa shape index (κ3) is 42.9. The van der Waals surface area contributed by atoms with Crippen molar-refractivity contribution in [2.24, 2.45) is 0 Å². The number of allylic oxidation sites excluding steroid dienone is 6. The fourth-order valence-electron chi connectivity index (χ4n) is 6.59. The van der Waals surface area contributed by atoms with E-state index >= 15 is 0 Å². The molecular formula is C49H90O5. The largest absolute Gasteiger partial charge is 0.462 e. The molecule has 0 N–H and O–H groups in total. The van der Waals surface area contributed by atoms with Gasteiger partial charge < -0.3 is 14.2 Å². The molecule has 0 saturated carbocycles. The average molecular weight is 759 g/mol. The second-order valence-electron chi connectivity index (χ2n) is 15.7. The van der Waals surface area contributed by atoms with Crippen molar-refractivity contribution in [1.29, 1.82) is 0 Å². The van der Waals surface area contributed by atoms with Crippen LogP contribution in [0.3, 0.4) is 0 Å². The van der Waals surface area contributed by atoms with Gasteiger partial charge in [0.15, 0.2) is 6.10 Å². The van der Waals surface area contributed by atoms with Crippen molar-refractivity contribution in [2.75, 3.05) is 19.8 Å². The number of ether oxygens (including phenoxy) is 3. The summed E-state index contributed by atoms with van der Waals surface area (Å²) in [7, 11) is 0. The lowest BCUT2D eigenvalue weighted by Crippen LogP contribution is -2.30. The van der Waals surface area contributed by atoms with Gasteiger partial charge in [-0.15, -0.1) is 0 Å². The van der Waals surface area contributed by atoms with Gasteiger partial charge >= 0.3 is 11.9 Å². The number of carbonyl (C=O) groups excluding carboxylic acids is 2. The lowest BCUT2D eigenvalue weighted by Gasteiger charge is -2.18. The Balaban J connectivity index is 4.08. The van der Waals surface area contributed by atoms with Gasteiger partial charge in [-0.1, -0.05) is 186 Å². The minimum atomic E-state index is -0.534. The summed E-state index contributed by atoms with van der Waals surface area (Å²) in [5, 5.41) is 0. The quantitative estimate of drug-likeness (QED) is 0.0352. The highest BCUT2D eigenvalue weighted by Crippen LogP contribution is 2.14. The predicted octanol–water partition coefficient (Wildman–Crippen LogP) is 15.4. The first-order valence-electron chi connectivity index (χ1n) is 23.5. The molecule has 0 bridgehead atoms. The maximum absolute atomic E-state index is 12.7. The molecule has 0 fully saturated rings. The van der Waals surface area contributed by atoms with E-state index in [1.54, 1.807) is 0 Å². The molecule has 54 heavy (non-hydrogen) atoms. The van der Waals surface area contributed by atoms with Gasteiger partial charge in [0.25, 0.3) is 0 Å². The Morgan fingerprint density at radius 3 is 1.30 bits per heavy atom. The number of hydrogen-bond acceptors (Lipinski definition) is 5. The van der Waals surface area contributed by atoms with Gasteiger partial charge in [0.05, 0.1) is 6.61 Å². The molecule has 0 radical (unpaired) electrons. The van der Waals surface area contributed by atoms with Crippen LogP contribution < -0.4 is 0 Å². The summed E-state index contributed by atoms with van der Waals surface area (Å²) in [5.41, 5.74) is 0. The second-order valence-corrected chi connectivity index (χ2v) is 15.7. The zero-order valence-corrected chi connectivity index (χ0v) is 36.2. The Morgan fingerprint density at radius 1 is 0.407 bits per heavy atom. The monoisotopic (exact) mass is 759 g/mol. The minimum Gasteiger partial charge on any atom is -0.462 e. The first-order valence-corrected chi connectivity index (χ1v) is 23.5. The summed E-state index contributed by atoms with van der Waals surface area (Å²) in [6, 6.07) is 0. The van der Waals surface area contributed by atoms with Crippen LogP contribution in [0.4, 0.5) is 0 Å². The van der Waals surface area contributed by atoms with Crippen molar-refractivity contribution in [3.05, 3.63) is 36.5 Å². The Labute approximate surface area is 336 Å². The van der Waals surface area contributed by atoms with Crippen molar-refractivity contribution >= 4 is 11.9 Å². The van der Waals surface area contributed by atoms with E-state index < -0.39 is 6.10 Å². The molecule has 5 heteroatoms. The first-order chi connectivity index (χ1) is 26.6. The highest BCUT2D eigenvalue weighted by atomic mass is 16.6. The fourth-order valence-corrected chi connectivity index (χ4v) is 6.59. The van der Waals surface area contributed by atoms with Crippen molar-refractivity contribution in [3.8, 4) is 0 Å². The molecule has 0 aromatic heterocycles. The van der Waals surface area contributed by atoms with E-state index in [9.17, 15) is 9.59 Å². The zero-order valence-electron chi connectivity index (χ0n) is 36.2. The third-order valence-corrected chi connectivity index (χ3v) is 10.1. The van der Waals surface area contributed by atoms with Crippen LogP contribution in [0.15, 0.2) is 36.5 Å². The molecule has 0 saturated heterocycles. The Morgan fingerprint density at radius 2 is 0.778 bits per heavy atom. The first kappa shape index (κ1) is 52.1. The predicted molar refractivity (Wildman–Crippen MR) is 233 cm³/mol. The molecule has 5 nitrogen and oxygen atoms in total. The molecule has 316 valence electrons. The standard InChI is InChI=1S/C49H90O5/c1-4-7-10-13-16-18-20-22-23-24-25-26-27-29-30-32-34-36-39-42-48(50)53-46-47(45-52-44-41-38-15-12-9-6-3)54-49(51)43-40-37-35-33-31-28-21-19-17-14-11-8-5-2/h16,18-19,21-23,47H,4-15,17,20,24-46H2,1-3H3/b18-16-,21-19-,23-22-. The van der Waals surface area contributed by atoms with E-state index in [0.717, 1.165) is 57.8 Å². The Bertz CT molecular complexity index is 862. The van der Waals surface area contributed by atoms with Crippen LogP contribution in [0, 0.1) is 0 Å². The number of carbonyl (C=O) groups is 2. The average Bonchev–Trinajstić information content (AvgIpc) is 3.17. The maximum Gasteiger partial charge on any atom is 0.306 e. The summed E-state index contributed by atoms with van der Waals surface area (Å²) in [6.45, 7) is 7.76. The molecule has 0 spiro atoms. The molecule has 0 aromatic carbocycles. The number of unbranched alkanes of at least 4 members (excludes halogenated alkanes) is 26. The minimum absolute atomic E-state index is 0.0825. The van der Waals surface area contributed by atoms with Crippen LogP contribution in [0.25, 0.3) is 0 Å². The molecule has 0 rings (SSSR count). The summed E-state index contributed by atoms with van der Waals surface area (Å²) in [5.74, 6) is -0.408. The summed E-state index contributed by atoms with van der Waals surface area (Å²) < 4.78 is 17.2. The Hall–Kier alpha value is -1.88. The SMILES string of the molecule is CCCCC/C=C\C/C=C\CCCCCCCCCCCC(=O)OCC(COCCCCCCCC)OC(=O)CCCCCCC/C=C\CCCCCC. The van der Waals surface area contributed by atoms with E-state index in [2.05, 4.69) is 57.2 Å².